The normalized spacial score (nSPS) is 21.3. The second kappa shape index (κ2) is 7.11. The number of piperidine rings is 1. The van der Waals surface area contributed by atoms with Crippen LogP contribution >= 0.6 is 0 Å². The molecule has 170 valence electrons. The van der Waals surface area contributed by atoms with Gasteiger partial charge in [0, 0.05) is 43.5 Å². The average Bonchev–Trinajstić information content (AvgIpc) is 3.47. The predicted octanol–water partition coefficient (Wildman–Crippen LogP) is 1.80. The van der Waals surface area contributed by atoms with E-state index in [1.165, 1.54) is 16.6 Å². The summed E-state index contributed by atoms with van der Waals surface area (Å²) in [6.45, 7) is 2.15. The predicted molar refractivity (Wildman–Crippen MR) is 122 cm³/mol. The molecule has 1 aliphatic carbocycles. The highest BCUT2D eigenvalue weighted by atomic mass is 16.5. The Morgan fingerprint density at radius 2 is 1.88 bits per heavy atom. The molecule has 0 amide bonds. The molecular formula is C23H21N9O2. The molecule has 11 heteroatoms. The number of fused-ring (bicyclic) bond motifs is 2. The first-order chi connectivity index (χ1) is 16.7. The van der Waals surface area contributed by atoms with E-state index in [2.05, 4.69) is 59.5 Å². The second-order valence-corrected chi connectivity index (χ2v) is 9.04. The number of rotatable bonds is 5. The van der Waals surface area contributed by atoms with Crippen molar-refractivity contribution in [3.8, 4) is 11.1 Å². The van der Waals surface area contributed by atoms with E-state index < -0.39 is 0 Å². The molecule has 5 heterocycles. The van der Waals surface area contributed by atoms with E-state index in [4.69, 9.17) is 4.52 Å². The number of hydrogen-bond donors (Lipinski definition) is 1. The van der Waals surface area contributed by atoms with Crippen molar-refractivity contribution in [1.29, 1.82) is 0 Å². The number of nitrogens with one attached hydrogen (secondary N) is 1. The number of aryl methyl sites for hydroxylation is 1. The zero-order valence-electron chi connectivity index (χ0n) is 18.4. The summed E-state index contributed by atoms with van der Waals surface area (Å²) in [6, 6.07) is 8.60. The summed E-state index contributed by atoms with van der Waals surface area (Å²) >= 11 is 0. The summed E-state index contributed by atoms with van der Waals surface area (Å²) in [7, 11) is 1.77. The SMILES string of the molecule is Cn1cnc2ncn(Cc3nc(C4[C@H]5CN(c6ccc(-c7cn[nH]c7)cc6)C[C@@H]45)no3)c(=O)c21. The Bertz CT molecular complexity index is 1540. The van der Waals surface area contributed by atoms with Crippen LogP contribution in [0.3, 0.4) is 0 Å². The topological polar surface area (TPSA) is 124 Å². The molecule has 2 fully saturated rings. The average molecular weight is 455 g/mol. The maximum atomic E-state index is 12.7. The lowest BCUT2D eigenvalue weighted by Gasteiger charge is -2.21. The molecule has 1 aromatic carbocycles. The summed E-state index contributed by atoms with van der Waals surface area (Å²) in [4.78, 5) is 28.1. The Morgan fingerprint density at radius 3 is 2.65 bits per heavy atom. The van der Waals surface area contributed by atoms with Crippen molar-refractivity contribution in [3.63, 3.8) is 0 Å². The minimum absolute atomic E-state index is 0.178. The van der Waals surface area contributed by atoms with Crippen molar-refractivity contribution in [2.24, 2.45) is 18.9 Å². The van der Waals surface area contributed by atoms with Crippen LogP contribution in [0, 0.1) is 11.8 Å². The van der Waals surface area contributed by atoms with Crippen LogP contribution in [0.25, 0.3) is 22.3 Å². The summed E-state index contributed by atoms with van der Waals surface area (Å²) in [5.41, 5.74) is 4.17. The van der Waals surface area contributed by atoms with Crippen molar-refractivity contribution in [2.45, 2.75) is 12.5 Å². The summed E-state index contributed by atoms with van der Waals surface area (Å²) in [6.07, 6.45) is 6.78. The highest BCUT2D eigenvalue weighted by Gasteiger charge is 2.58. The Morgan fingerprint density at radius 1 is 1.09 bits per heavy atom. The standard InChI is InChI=1S/C23H21N9O2/c1-30-11-24-22-20(30)23(33)32(12-25-22)10-18-28-21(29-34-18)19-16-8-31(9-17(16)19)15-4-2-13(3-5-15)14-6-26-27-7-14/h2-7,11-12,16-17,19H,8-10H2,1H3,(H,26,27)/t16-,17+,19?. The maximum Gasteiger partial charge on any atom is 0.280 e. The van der Waals surface area contributed by atoms with Crippen LogP contribution in [-0.4, -0.2) is 52.5 Å². The molecule has 3 atom stereocenters. The van der Waals surface area contributed by atoms with Crippen molar-refractivity contribution in [3.05, 3.63) is 71.4 Å². The van der Waals surface area contributed by atoms with E-state index in [-0.39, 0.29) is 12.1 Å². The Hall–Kier alpha value is -4.28. The zero-order valence-corrected chi connectivity index (χ0v) is 18.4. The second-order valence-electron chi connectivity index (χ2n) is 9.04. The van der Waals surface area contributed by atoms with Crippen molar-refractivity contribution >= 4 is 16.9 Å². The summed E-state index contributed by atoms with van der Waals surface area (Å²) in [5.74, 6) is 2.51. The summed E-state index contributed by atoms with van der Waals surface area (Å²) in [5, 5.41) is 11.1. The van der Waals surface area contributed by atoms with Crippen LogP contribution in [-0.2, 0) is 13.6 Å². The lowest BCUT2D eigenvalue weighted by molar-refractivity contribution is 0.363. The molecule has 1 aliphatic heterocycles. The quantitative estimate of drug-likeness (QED) is 0.426. The molecule has 0 radical (unpaired) electrons. The van der Waals surface area contributed by atoms with Gasteiger partial charge >= 0.3 is 0 Å². The van der Waals surface area contributed by atoms with Gasteiger partial charge < -0.3 is 14.0 Å². The zero-order chi connectivity index (χ0) is 22.8. The van der Waals surface area contributed by atoms with Gasteiger partial charge in [0.1, 0.15) is 12.9 Å². The number of hydrogen-bond acceptors (Lipinski definition) is 8. The fourth-order valence-corrected chi connectivity index (χ4v) is 5.19. The highest BCUT2D eigenvalue weighted by Crippen LogP contribution is 2.57. The first-order valence-corrected chi connectivity index (χ1v) is 11.2. The monoisotopic (exact) mass is 455 g/mol. The minimum Gasteiger partial charge on any atom is -0.371 e. The molecule has 1 saturated heterocycles. The molecule has 4 aromatic heterocycles. The van der Waals surface area contributed by atoms with E-state index in [0.717, 1.165) is 30.0 Å². The molecule has 1 saturated carbocycles. The van der Waals surface area contributed by atoms with Gasteiger partial charge in [0.25, 0.3) is 5.56 Å². The van der Waals surface area contributed by atoms with Crippen LogP contribution in [0.15, 0.2) is 58.6 Å². The molecule has 0 spiro atoms. The largest absolute Gasteiger partial charge is 0.371 e. The van der Waals surface area contributed by atoms with Gasteiger partial charge in [-0.05, 0) is 29.5 Å². The molecule has 5 aromatic rings. The number of aromatic amines is 1. The van der Waals surface area contributed by atoms with Crippen LogP contribution in [0.2, 0.25) is 0 Å². The van der Waals surface area contributed by atoms with Crippen LogP contribution in [0.5, 0.6) is 0 Å². The molecule has 0 bridgehead atoms. The first kappa shape index (κ1) is 19.2. The Balaban J connectivity index is 1.03. The molecule has 1 unspecified atom stereocenters. The molecule has 1 N–H and O–H groups in total. The van der Waals surface area contributed by atoms with Crippen LogP contribution < -0.4 is 10.5 Å². The molecule has 2 aliphatic rings. The maximum absolute atomic E-state index is 12.7. The third kappa shape index (κ3) is 2.96. The van der Waals surface area contributed by atoms with Gasteiger partial charge in [0.2, 0.25) is 5.89 Å². The fraction of sp³-hybridized carbons (Fsp3) is 0.304. The van der Waals surface area contributed by atoms with Crippen molar-refractivity contribution in [2.75, 3.05) is 18.0 Å². The number of imidazole rings is 1. The van der Waals surface area contributed by atoms with Crippen LogP contribution in [0.4, 0.5) is 5.69 Å². The van der Waals surface area contributed by atoms with E-state index in [1.54, 1.807) is 17.9 Å². The van der Waals surface area contributed by atoms with Gasteiger partial charge in [-0.3, -0.25) is 14.5 Å². The van der Waals surface area contributed by atoms with Crippen LogP contribution in [0.1, 0.15) is 17.6 Å². The van der Waals surface area contributed by atoms with E-state index >= 15 is 0 Å². The van der Waals surface area contributed by atoms with E-state index in [1.807, 2.05) is 12.4 Å². The number of H-pyrrole nitrogens is 1. The van der Waals surface area contributed by atoms with Gasteiger partial charge in [-0.1, -0.05) is 17.3 Å². The summed E-state index contributed by atoms with van der Waals surface area (Å²) < 4.78 is 8.63. The van der Waals surface area contributed by atoms with Gasteiger partial charge in [-0.2, -0.15) is 10.1 Å². The number of anilines is 1. The lowest BCUT2D eigenvalue weighted by atomic mass is 10.1. The minimum atomic E-state index is -0.178. The number of benzene rings is 1. The molecule has 7 rings (SSSR count). The van der Waals surface area contributed by atoms with Crippen molar-refractivity contribution in [1.82, 2.24) is 39.4 Å². The van der Waals surface area contributed by atoms with Gasteiger partial charge in [-0.15, -0.1) is 0 Å². The third-order valence-electron chi connectivity index (χ3n) is 7.05. The van der Waals surface area contributed by atoms with Gasteiger partial charge in [-0.25, -0.2) is 9.97 Å². The lowest BCUT2D eigenvalue weighted by Crippen LogP contribution is -2.23. The number of aromatic nitrogens is 8. The molecular weight excluding hydrogens is 434 g/mol. The highest BCUT2D eigenvalue weighted by molar-refractivity contribution is 5.69. The van der Waals surface area contributed by atoms with Crippen molar-refractivity contribution < 1.29 is 4.52 Å². The Kier molecular flexibility index (Phi) is 4.02. The van der Waals surface area contributed by atoms with Gasteiger partial charge in [0.05, 0.1) is 12.5 Å². The number of nitrogens with zero attached hydrogens (tertiary/aromatic N) is 8. The smallest absolute Gasteiger partial charge is 0.280 e. The van der Waals surface area contributed by atoms with Gasteiger partial charge in [0.15, 0.2) is 17.0 Å². The van der Waals surface area contributed by atoms with E-state index in [0.29, 0.717) is 34.8 Å². The van der Waals surface area contributed by atoms with E-state index in [9.17, 15) is 4.79 Å². The first-order valence-electron chi connectivity index (χ1n) is 11.2. The Labute approximate surface area is 193 Å². The third-order valence-corrected chi connectivity index (χ3v) is 7.05. The molecule has 11 nitrogen and oxygen atoms in total. The fourth-order valence-electron chi connectivity index (χ4n) is 5.19. The molecule has 34 heavy (non-hydrogen) atoms.